The third-order valence-corrected chi connectivity index (χ3v) is 2.51. The molecule has 1 aromatic carbocycles. The molecule has 0 saturated heterocycles. The van der Waals surface area contributed by atoms with Crippen LogP contribution in [0.1, 0.15) is 25.8 Å². The van der Waals surface area contributed by atoms with E-state index in [1.807, 2.05) is 31.3 Å². The summed E-state index contributed by atoms with van der Waals surface area (Å²) in [6.07, 6.45) is 2.83. The molecule has 14 heavy (non-hydrogen) atoms. The van der Waals surface area contributed by atoms with Gasteiger partial charge in [-0.15, -0.1) is 0 Å². The van der Waals surface area contributed by atoms with Crippen molar-refractivity contribution in [1.29, 1.82) is 0 Å². The first kappa shape index (κ1) is 9.13. The molecule has 1 aromatic rings. The summed E-state index contributed by atoms with van der Waals surface area (Å²) in [5, 5.41) is 0. The van der Waals surface area contributed by atoms with Crippen molar-refractivity contribution in [3.05, 3.63) is 35.9 Å². The molecule has 2 heteroatoms. The summed E-state index contributed by atoms with van der Waals surface area (Å²) >= 11 is 0. The van der Waals surface area contributed by atoms with Crippen LogP contribution in [0.15, 0.2) is 40.3 Å². The molecule has 0 amide bonds. The van der Waals surface area contributed by atoms with Crippen LogP contribution >= 0.6 is 0 Å². The quantitative estimate of drug-likeness (QED) is 0.678. The first-order valence-electron chi connectivity index (χ1n) is 4.94. The van der Waals surface area contributed by atoms with E-state index in [-0.39, 0.29) is 5.66 Å². The normalized spacial score (nSPS) is 25.1. The average Bonchev–Trinajstić information content (AvgIpc) is 2.63. The topological polar surface area (TPSA) is 24.7 Å². The highest BCUT2D eigenvalue weighted by molar-refractivity contribution is 6.31. The van der Waals surface area contributed by atoms with Gasteiger partial charge in [0.15, 0.2) is 5.66 Å². The maximum atomic E-state index is 4.60. The van der Waals surface area contributed by atoms with Crippen LogP contribution in [0.2, 0.25) is 0 Å². The molecule has 0 saturated carbocycles. The molecule has 1 heterocycles. The van der Waals surface area contributed by atoms with Crippen LogP contribution in [-0.4, -0.2) is 11.9 Å². The number of aliphatic imine (C=N–C) groups is 2. The SMILES string of the molecule is CCC1=NC(C)(c2ccccc2)N=C1. The third kappa shape index (κ3) is 1.48. The van der Waals surface area contributed by atoms with Gasteiger partial charge in [-0.1, -0.05) is 37.3 Å². The van der Waals surface area contributed by atoms with Crippen LogP contribution < -0.4 is 0 Å². The van der Waals surface area contributed by atoms with Crippen molar-refractivity contribution >= 4 is 11.9 Å². The Morgan fingerprint density at radius 2 is 1.93 bits per heavy atom. The van der Waals surface area contributed by atoms with Gasteiger partial charge >= 0.3 is 0 Å². The molecule has 1 aliphatic rings. The zero-order valence-electron chi connectivity index (χ0n) is 8.57. The first-order valence-corrected chi connectivity index (χ1v) is 4.94. The van der Waals surface area contributed by atoms with Crippen molar-refractivity contribution in [2.45, 2.75) is 25.9 Å². The van der Waals surface area contributed by atoms with Gasteiger partial charge in [0.2, 0.25) is 0 Å². The molecular formula is C12H14N2. The zero-order valence-corrected chi connectivity index (χ0v) is 8.57. The van der Waals surface area contributed by atoms with Gasteiger partial charge in [0.1, 0.15) is 0 Å². The number of nitrogens with zero attached hydrogens (tertiary/aromatic N) is 2. The lowest BCUT2D eigenvalue weighted by atomic mass is 10.0. The minimum atomic E-state index is -0.382. The van der Waals surface area contributed by atoms with Crippen LogP contribution in [0.25, 0.3) is 0 Å². The second-order valence-electron chi connectivity index (χ2n) is 3.60. The van der Waals surface area contributed by atoms with E-state index in [0.29, 0.717) is 0 Å². The van der Waals surface area contributed by atoms with Crippen molar-refractivity contribution in [2.75, 3.05) is 0 Å². The van der Waals surface area contributed by atoms with E-state index in [1.54, 1.807) is 0 Å². The Labute approximate surface area is 84.4 Å². The highest BCUT2D eigenvalue weighted by Crippen LogP contribution is 2.29. The summed E-state index contributed by atoms with van der Waals surface area (Å²) in [6.45, 7) is 4.14. The fourth-order valence-corrected chi connectivity index (χ4v) is 1.60. The van der Waals surface area contributed by atoms with Crippen molar-refractivity contribution in [2.24, 2.45) is 9.98 Å². The molecule has 1 aliphatic heterocycles. The summed E-state index contributed by atoms with van der Waals surface area (Å²) in [5.41, 5.74) is 1.85. The van der Waals surface area contributed by atoms with Gasteiger partial charge in [0.05, 0.1) is 5.71 Å². The molecule has 0 spiro atoms. The predicted octanol–water partition coefficient (Wildman–Crippen LogP) is 2.79. The minimum Gasteiger partial charge on any atom is -0.257 e. The maximum Gasteiger partial charge on any atom is 0.173 e. The lowest BCUT2D eigenvalue weighted by Gasteiger charge is -2.17. The summed E-state index contributed by atoms with van der Waals surface area (Å²) in [6, 6.07) is 10.2. The fourth-order valence-electron chi connectivity index (χ4n) is 1.60. The Kier molecular flexibility index (Phi) is 2.20. The van der Waals surface area contributed by atoms with Crippen molar-refractivity contribution in [1.82, 2.24) is 0 Å². The van der Waals surface area contributed by atoms with Crippen LogP contribution in [0.5, 0.6) is 0 Å². The predicted molar refractivity (Wildman–Crippen MR) is 60.0 cm³/mol. The highest BCUT2D eigenvalue weighted by Gasteiger charge is 2.27. The average molecular weight is 186 g/mol. The third-order valence-electron chi connectivity index (χ3n) is 2.51. The molecule has 1 atom stereocenters. The second-order valence-corrected chi connectivity index (χ2v) is 3.60. The van der Waals surface area contributed by atoms with Crippen LogP contribution in [0.3, 0.4) is 0 Å². The van der Waals surface area contributed by atoms with Gasteiger partial charge in [-0.25, -0.2) is 0 Å². The van der Waals surface area contributed by atoms with E-state index in [2.05, 4.69) is 29.0 Å². The van der Waals surface area contributed by atoms with Gasteiger partial charge in [-0.05, 0) is 13.3 Å². The Morgan fingerprint density at radius 3 is 2.50 bits per heavy atom. The molecule has 1 unspecified atom stereocenters. The molecule has 0 N–H and O–H groups in total. The van der Waals surface area contributed by atoms with E-state index >= 15 is 0 Å². The van der Waals surface area contributed by atoms with E-state index in [4.69, 9.17) is 0 Å². The van der Waals surface area contributed by atoms with Crippen LogP contribution in [0, 0.1) is 0 Å². The smallest absolute Gasteiger partial charge is 0.173 e. The zero-order chi connectivity index (χ0) is 10.0. The lowest BCUT2D eigenvalue weighted by Crippen LogP contribution is -2.13. The van der Waals surface area contributed by atoms with Gasteiger partial charge in [0, 0.05) is 11.8 Å². The number of benzene rings is 1. The minimum absolute atomic E-state index is 0.382. The molecule has 0 fully saturated rings. The molecule has 72 valence electrons. The van der Waals surface area contributed by atoms with Crippen molar-refractivity contribution < 1.29 is 0 Å². The van der Waals surface area contributed by atoms with Gasteiger partial charge in [0.25, 0.3) is 0 Å². The fraction of sp³-hybridized carbons (Fsp3) is 0.333. The number of hydrogen-bond acceptors (Lipinski definition) is 2. The molecule has 0 aromatic heterocycles. The van der Waals surface area contributed by atoms with Gasteiger partial charge in [-0.2, -0.15) is 0 Å². The highest BCUT2D eigenvalue weighted by atomic mass is 15.1. The molecule has 0 radical (unpaired) electrons. The van der Waals surface area contributed by atoms with E-state index in [9.17, 15) is 0 Å². The molecule has 2 rings (SSSR count). The Balaban J connectivity index is 2.37. The van der Waals surface area contributed by atoms with E-state index in [1.165, 1.54) is 0 Å². The Hall–Kier alpha value is -1.44. The Bertz CT molecular complexity index is 379. The lowest BCUT2D eigenvalue weighted by molar-refractivity contribution is 0.541. The summed E-state index contributed by atoms with van der Waals surface area (Å²) in [7, 11) is 0. The Morgan fingerprint density at radius 1 is 1.21 bits per heavy atom. The molecule has 0 aliphatic carbocycles. The summed E-state index contributed by atoms with van der Waals surface area (Å²) in [5.74, 6) is 0. The molecule has 2 nitrogen and oxygen atoms in total. The van der Waals surface area contributed by atoms with E-state index in [0.717, 1.165) is 17.7 Å². The molecule has 0 bridgehead atoms. The van der Waals surface area contributed by atoms with Crippen molar-refractivity contribution in [3.63, 3.8) is 0 Å². The first-order chi connectivity index (χ1) is 6.74. The van der Waals surface area contributed by atoms with E-state index < -0.39 is 0 Å². The summed E-state index contributed by atoms with van der Waals surface area (Å²) < 4.78 is 0. The summed E-state index contributed by atoms with van der Waals surface area (Å²) in [4.78, 5) is 9.06. The second kappa shape index (κ2) is 3.37. The van der Waals surface area contributed by atoms with Crippen LogP contribution in [-0.2, 0) is 5.66 Å². The number of rotatable bonds is 2. The van der Waals surface area contributed by atoms with Gasteiger partial charge in [-0.3, -0.25) is 9.98 Å². The van der Waals surface area contributed by atoms with Crippen LogP contribution in [0.4, 0.5) is 0 Å². The molecular weight excluding hydrogens is 172 g/mol. The standard InChI is InChI=1S/C12H14N2/c1-3-11-9-13-12(2,14-11)10-7-5-4-6-8-10/h4-9H,3H2,1-2H3. The van der Waals surface area contributed by atoms with Gasteiger partial charge < -0.3 is 0 Å². The van der Waals surface area contributed by atoms with Crippen molar-refractivity contribution in [3.8, 4) is 0 Å². The monoisotopic (exact) mass is 186 g/mol. The largest absolute Gasteiger partial charge is 0.257 e. The number of hydrogen-bond donors (Lipinski definition) is 0. The maximum absolute atomic E-state index is 4.60.